The summed E-state index contributed by atoms with van der Waals surface area (Å²) in [6.45, 7) is 0. The zero-order valence-electron chi connectivity index (χ0n) is 16.9. The van der Waals surface area contributed by atoms with Gasteiger partial charge in [-0.3, -0.25) is 4.79 Å². The highest BCUT2D eigenvalue weighted by Crippen LogP contribution is 2.14. The standard InChI is InChI=1S/C24H44O/c25-24-22-20-18-16-14-12-10-8-6-4-2-1-3-5-7-9-11-13-15-17-19-21-23-24/h1-2H,3-23H2. The summed E-state index contributed by atoms with van der Waals surface area (Å²) in [4.78, 5) is 11.9. The first-order valence-electron chi connectivity index (χ1n) is 11.6. The molecule has 0 radical (unpaired) electrons. The van der Waals surface area contributed by atoms with Gasteiger partial charge in [-0.1, -0.05) is 95.6 Å². The minimum absolute atomic E-state index is 0.516. The molecular weight excluding hydrogens is 304 g/mol. The van der Waals surface area contributed by atoms with Crippen molar-refractivity contribution in [2.24, 2.45) is 0 Å². The van der Waals surface area contributed by atoms with Crippen LogP contribution < -0.4 is 0 Å². The highest BCUT2D eigenvalue weighted by atomic mass is 16.1. The van der Waals surface area contributed by atoms with Crippen molar-refractivity contribution >= 4 is 5.78 Å². The zero-order valence-corrected chi connectivity index (χ0v) is 16.9. The minimum Gasteiger partial charge on any atom is -0.300 e. The van der Waals surface area contributed by atoms with E-state index in [9.17, 15) is 4.79 Å². The van der Waals surface area contributed by atoms with Gasteiger partial charge >= 0.3 is 0 Å². The van der Waals surface area contributed by atoms with Crippen molar-refractivity contribution in [3.63, 3.8) is 0 Å². The van der Waals surface area contributed by atoms with Crippen LogP contribution in [0.4, 0.5) is 0 Å². The summed E-state index contributed by atoms with van der Waals surface area (Å²) in [7, 11) is 0. The fourth-order valence-electron chi connectivity index (χ4n) is 3.83. The Morgan fingerprint density at radius 2 is 0.680 bits per heavy atom. The number of carbonyl (C=O) groups is 1. The molecule has 0 bridgehead atoms. The third-order valence-electron chi connectivity index (χ3n) is 5.57. The Hall–Kier alpha value is -0.590. The second-order valence-corrected chi connectivity index (χ2v) is 8.10. The molecule has 0 amide bonds. The van der Waals surface area contributed by atoms with E-state index in [0.717, 1.165) is 25.7 Å². The van der Waals surface area contributed by atoms with E-state index >= 15 is 0 Å². The van der Waals surface area contributed by atoms with Crippen LogP contribution in [0.5, 0.6) is 0 Å². The minimum atomic E-state index is 0.516. The summed E-state index contributed by atoms with van der Waals surface area (Å²) in [5.74, 6) is 0.516. The number of rotatable bonds is 0. The second kappa shape index (κ2) is 18.2. The van der Waals surface area contributed by atoms with Crippen LogP contribution in [0.3, 0.4) is 0 Å². The average Bonchev–Trinajstić information content (AvgIpc) is 2.61. The van der Waals surface area contributed by atoms with Crippen molar-refractivity contribution in [1.82, 2.24) is 0 Å². The molecule has 25 heavy (non-hydrogen) atoms. The number of hydrogen-bond donors (Lipinski definition) is 0. The smallest absolute Gasteiger partial charge is 0.132 e. The van der Waals surface area contributed by atoms with E-state index in [1.165, 1.54) is 109 Å². The van der Waals surface area contributed by atoms with Gasteiger partial charge in [0.25, 0.3) is 0 Å². The highest BCUT2D eigenvalue weighted by Gasteiger charge is 2.02. The molecule has 0 aliphatic heterocycles. The molecule has 1 aliphatic rings. The molecule has 0 heterocycles. The number of allylic oxidation sites excluding steroid dienone is 2. The van der Waals surface area contributed by atoms with Gasteiger partial charge in [0.05, 0.1) is 0 Å². The van der Waals surface area contributed by atoms with E-state index in [2.05, 4.69) is 12.2 Å². The highest BCUT2D eigenvalue weighted by molar-refractivity contribution is 5.78. The molecule has 1 nitrogen and oxygen atoms in total. The summed E-state index contributed by atoms with van der Waals surface area (Å²) < 4.78 is 0. The Balaban J connectivity index is 2.12. The van der Waals surface area contributed by atoms with E-state index < -0.39 is 0 Å². The molecule has 0 spiro atoms. The van der Waals surface area contributed by atoms with Gasteiger partial charge in [0.15, 0.2) is 0 Å². The first-order chi connectivity index (χ1) is 12.4. The topological polar surface area (TPSA) is 17.1 Å². The number of carbonyl (C=O) groups excluding carboxylic acids is 1. The Bertz CT molecular complexity index is 318. The average molecular weight is 349 g/mol. The Kier molecular flexibility index (Phi) is 16.4. The molecule has 0 fully saturated rings. The van der Waals surface area contributed by atoms with E-state index in [0.29, 0.717) is 5.78 Å². The van der Waals surface area contributed by atoms with Gasteiger partial charge in [0.2, 0.25) is 0 Å². The Morgan fingerprint density at radius 3 is 1.04 bits per heavy atom. The van der Waals surface area contributed by atoms with Crippen LogP contribution in [-0.4, -0.2) is 5.78 Å². The third-order valence-corrected chi connectivity index (χ3v) is 5.57. The molecule has 0 aromatic carbocycles. The van der Waals surface area contributed by atoms with Crippen LogP contribution in [0, 0.1) is 0 Å². The van der Waals surface area contributed by atoms with Gasteiger partial charge in [-0.2, -0.15) is 0 Å². The maximum Gasteiger partial charge on any atom is 0.132 e. The second-order valence-electron chi connectivity index (χ2n) is 8.10. The van der Waals surface area contributed by atoms with Gasteiger partial charge in [-0.05, 0) is 38.5 Å². The van der Waals surface area contributed by atoms with E-state index in [1.54, 1.807) is 0 Å². The number of Topliss-reactive ketones (excluding diaryl/α,β-unsaturated/α-hetero) is 1. The predicted molar refractivity (Wildman–Crippen MR) is 111 cm³/mol. The van der Waals surface area contributed by atoms with Gasteiger partial charge in [-0.15, -0.1) is 0 Å². The summed E-state index contributed by atoms with van der Waals surface area (Å²) in [5.41, 5.74) is 0. The molecule has 1 aliphatic carbocycles. The van der Waals surface area contributed by atoms with Crippen LogP contribution in [-0.2, 0) is 4.79 Å². The van der Waals surface area contributed by atoms with Crippen LogP contribution in [0.15, 0.2) is 12.2 Å². The quantitative estimate of drug-likeness (QED) is 0.402. The van der Waals surface area contributed by atoms with Crippen molar-refractivity contribution in [3.05, 3.63) is 12.2 Å². The lowest BCUT2D eigenvalue weighted by Crippen LogP contribution is -1.97. The van der Waals surface area contributed by atoms with E-state index in [4.69, 9.17) is 0 Å². The third kappa shape index (κ3) is 16.6. The monoisotopic (exact) mass is 348 g/mol. The van der Waals surface area contributed by atoms with Crippen LogP contribution in [0.1, 0.15) is 135 Å². The van der Waals surface area contributed by atoms with Gasteiger partial charge in [0.1, 0.15) is 5.78 Å². The van der Waals surface area contributed by atoms with Crippen LogP contribution >= 0.6 is 0 Å². The molecule has 146 valence electrons. The summed E-state index contributed by atoms with van der Waals surface area (Å²) in [6, 6.07) is 0. The molecular formula is C24H44O. The maximum atomic E-state index is 11.9. The largest absolute Gasteiger partial charge is 0.300 e. The van der Waals surface area contributed by atoms with Crippen molar-refractivity contribution in [1.29, 1.82) is 0 Å². The molecule has 0 saturated carbocycles. The zero-order chi connectivity index (χ0) is 17.8. The molecule has 0 aromatic heterocycles. The normalized spacial score (nSPS) is 23.0. The molecule has 0 N–H and O–H groups in total. The maximum absolute atomic E-state index is 11.9. The molecule has 0 unspecified atom stereocenters. The molecule has 0 atom stereocenters. The Morgan fingerprint density at radius 1 is 0.400 bits per heavy atom. The van der Waals surface area contributed by atoms with Crippen molar-refractivity contribution in [3.8, 4) is 0 Å². The first-order valence-corrected chi connectivity index (χ1v) is 11.6. The van der Waals surface area contributed by atoms with Crippen LogP contribution in [0.25, 0.3) is 0 Å². The summed E-state index contributed by atoms with van der Waals surface area (Å²) in [5, 5.41) is 0. The summed E-state index contributed by atoms with van der Waals surface area (Å²) >= 11 is 0. The van der Waals surface area contributed by atoms with E-state index in [1.807, 2.05) is 0 Å². The lowest BCUT2D eigenvalue weighted by Gasteiger charge is -2.04. The lowest BCUT2D eigenvalue weighted by molar-refractivity contribution is -0.119. The van der Waals surface area contributed by atoms with Crippen LogP contribution in [0.2, 0.25) is 0 Å². The molecule has 1 rings (SSSR count). The predicted octanol–water partition coefficient (Wildman–Crippen LogP) is 8.32. The van der Waals surface area contributed by atoms with Crippen molar-refractivity contribution in [2.45, 2.75) is 135 Å². The Labute approximate surface area is 158 Å². The molecule has 0 aromatic rings. The lowest BCUT2D eigenvalue weighted by atomic mass is 10.0. The molecule has 0 saturated heterocycles. The number of ketones is 1. The van der Waals surface area contributed by atoms with E-state index in [-0.39, 0.29) is 0 Å². The van der Waals surface area contributed by atoms with Gasteiger partial charge < -0.3 is 0 Å². The summed E-state index contributed by atoms with van der Waals surface area (Å²) in [6.07, 6.45) is 31.8. The van der Waals surface area contributed by atoms with Gasteiger partial charge in [-0.25, -0.2) is 0 Å². The van der Waals surface area contributed by atoms with Crippen molar-refractivity contribution in [2.75, 3.05) is 0 Å². The van der Waals surface area contributed by atoms with Crippen molar-refractivity contribution < 1.29 is 4.79 Å². The fraction of sp³-hybridized carbons (Fsp3) is 0.875. The fourth-order valence-corrected chi connectivity index (χ4v) is 3.83. The SMILES string of the molecule is O=C1CCCCCCCCCCC=CCCCCCCCCCCC1. The molecule has 1 heteroatoms. The van der Waals surface area contributed by atoms with Gasteiger partial charge in [0, 0.05) is 12.8 Å². The first kappa shape index (κ1) is 22.5. The number of hydrogen-bond acceptors (Lipinski definition) is 1.